The maximum Gasteiger partial charge on any atom is 0.125 e. The van der Waals surface area contributed by atoms with E-state index in [1.165, 1.54) is 11.1 Å². The molecule has 5 heteroatoms. The van der Waals surface area contributed by atoms with Crippen molar-refractivity contribution in [3.8, 4) is 5.75 Å². The highest BCUT2D eigenvalue weighted by atomic mass is 16.5. The van der Waals surface area contributed by atoms with Gasteiger partial charge in [-0.25, -0.2) is 0 Å². The van der Waals surface area contributed by atoms with E-state index in [9.17, 15) is 5.11 Å². The summed E-state index contributed by atoms with van der Waals surface area (Å²) in [6.45, 7) is 10.3. The van der Waals surface area contributed by atoms with Crippen LogP contribution >= 0.6 is 0 Å². The third-order valence-electron chi connectivity index (χ3n) is 4.22. The average molecular weight is 322 g/mol. The fourth-order valence-electron chi connectivity index (χ4n) is 2.92. The molecule has 2 rings (SSSR count). The van der Waals surface area contributed by atoms with Crippen LogP contribution in [-0.2, 0) is 4.74 Å². The SMILES string of the molecule is Cc1cccc(C)c1OCCN(C)CC(O)CN1CCOCC1. The normalized spacial score (nSPS) is 17.4. The molecule has 0 radical (unpaired) electrons. The van der Waals surface area contributed by atoms with Crippen molar-refractivity contribution in [1.29, 1.82) is 0 Å². The second-order valence-corrected chi connectivity index (χ2v) is 6.40. The lowest BCUT2D eigenvalue weighted by atomic mass is 10.1. The van der Waals surface area contributed by atoms with Gasteiger partial charge in [0.2, 0.25) is 0 Å². The Bertz CT molecular complexity index is 455. The van der Waals surface area contributed by atoms with Crippen molar-refractivity contribution in [3.63, 3.8) is 0 Å². The van der Waals surface area contributed by atoms with E-state index >= 15 is 0 Å². The van der Waals surface area contributed by atoms with Gasteiger partial charge in [0.05, 0.1) is 19.3 Å². The van der Waals surface area contributed by atoms with E-state index in [1.807, 2.05) is 13.1 Å². The average Bonchev–Trinajstić information content (AvgIpc) is 2.51. The number of para-hydroxylation sites is 1. The van der Waals surface area contributed by atoms with Crippen molar-refractivity contribution < 1.29 is 14.6 Å². The monoisotopic (exact) mass is 322 g/mol. The van der Waals surface area contributed by atoms with Crippen LogP contribution in [0.3, 0.4) is 0 Å². The van der Waals surface area contributed by atoms with Crippen LogP contribution in [0.25, 0.3) is 0 Å². The van der Waals surface area contributed by atoms with Gasteiger partial charge in [-0.15, -0.1) is 0 Å². The molecule has 5 nitrogen and oxygen atoms in total. The molecule has 1 aliphatic rings. The molecule has 1 fully saturated rings. The number of aliphatic hydroxyl groups excluding tert-OH is 1. The quantitative estimate of drug-likeness (QED) is 0.782. The molecule has 1 N–H and O–H groups in total. The summed E-state index contributed by atoms with van der Waals surface area (Å²) >= 11 is 0. The molecule has 1 atom stereocenters. The van der Waals surface area contributed by atoms with Crippen LogP contribution in [0.5, 0.6) is 5.75 Å². The van der Waals surface area contributed by atoms with E-state index in [1.54, 1.807) is 0 Å². The summed E-state index contributed by atoms with van der Waals surface area (Å²) in [4.78, 5) is 4.38. The van der Waals surface area contributed by atoms with E-state index in [2.05, 4.69) is 35.8 Å². The number of likely N-dealkylation sites (N-methyl/N-ethyl adjacent to an activating group) is 1. The Morgan fingerprint density at radius 1 is 1.26 bits per heavy atom. The van der Waals surface area contributed by atoms with Crippen molar-refractivity contribution in [2.75, 3.05) is 59.6 Å². The molecule has 1 aliphatic heterocycles. The molecule has 23 heavy (non-hydrogen) atoms. The largest absolute Gasteiger partial charge is 0.492 e. The van der Waals surface area contributed by atoms with Crippen LogP contribution in [0.1, 0.15) is 11.1 Å². The van der Waals surface area contributed by atoms with Gasteiger partial charge < -0.3 is 19.5 Å². The predicted molar refractivity (Wildman–Crippen MR) is 92.2 cm³/mol. The lowest BCUT2D eigenvalue weighted by Gasteiger charge is -2.30. The summed E-state index contributed by atoms with van der Waals surface area (Å²) < 4.78 is 11.2. The van der Waals surface area contributed by atoms with Gasteiger partial charge in [0, 0.05) is 32.7 Å². The number of benzene rings is 1. The van der Waals surface area contributed by atoms with E-state index in [0.717, 1.165) is 38.6 Å². The van der Waals surface area contributed by atoms with Crippen molar-refractivity contribution in [1.82, 2.24) is 9.80 Å². The molecule has 0 amide bonds. The molecule has 1 saturated heterocycles. The van der Waals surface area contributed by atoms with Gasteiger partial charge in [0.15, 0.2) is 0 Å². The van der Waals surface area contributed by atoms with Crippen LogP contribution < -0.4 is 4.74 Å². The van der Waals surface area contributed by atoms with Crippen molar-refractivity contribution in [3.05, 3.63) is 29.3 Å². The smallest absolute Gasteiger partial charge is 0.125 e. The fraction of sp³-hybridized carbons (Fsp3) is 0.667. The number of morpholine rings is 1. The Balaban J connectivity index is 1.67. The minimum atomic E-state index is -0.335. The van der Waals surface area contributed by atoms with E-state index in [-0.39, 0.29) is 6.10 Å². The number of rotatable bonds is 8. The summed E-state index contributed by atoms with van der Waals surface area (Å²) in [5.74, 6) is 0.981. The van der Waals surface area contributed by atoms with Crippen LogP contribution in [0, 0.1) is 13.8 Å². The van der Waals surface area contributed by atoms with Gasteiger partial charge in [-0.3, -0.25) is 4.90 Å². The third-order valence-corrected chi connectivity index (χ3v) is 4.22. The summed E-state index contributed by atoms with van der Waals surface area (Å²) in [6.07, 6.45) is -0.335. The second-order valence-electron chi connectivity index (χ2n) is 6.40. The van der Waals surface area contributed by atoms with Crippen LogP contribution in [0.15, 0.2) is 18.2 Å². The fourth-order valence-corrected chi connectivity index (χ4v) is 2.92. The molecular weight excluding hydrogens is 292 g/mol. The molecule has 1 unspecified atom stereocenters. The predicted octanol–water partition coefficient (Wildman–Crippen LogP) is 1.31. The molecular formula is C18H30N2O3. The summed E-state index contributed by atoms with van der Waals surface area (Å²) in [7, 11) is 2.02. The minimum absolute atomic E-state index is 0.335. The summed E-state index contributed by atoms with van der Waals surface area (Å²) in [6, 6.07) is 6.18. The Kier molecular flexibility index (Phi) is 7.30. The highest BCUT2D eigenvalue weighted by Gasteiger charge is 2.16. The van der Waals surface area contributed by atoms with E-state index in [4.69, 9.17) is 9.47 Å². The summed E-state index contributed by atoms with van der Waals surface area (Å²) in [5.41, 5.74) is 2.33. The maximum atomic E-state index is 10.2. The second kappa shape index (κ2) is 9.23. The zero-order valence-corrected chi connectivity index (χ0v) is 14.6. The summed E-state index contributed by atoms with van der Waals surface area (Å²) in [5, 5.41) is 10.2. The van der Waals surface area contributed by atoms with Gasteiger partial charge in [0.25, 0.3) is 0 Å². The number of aliphatic hydroxyl groups is 1. The number of β-amino-alcohol motifs (C(OH)–C–C–N with tert-alkyl or cyclic N) is 1. The number of aryl methyl sites for hydroxylation is 2. The Hall–Kier alpha value is -1.14. The highest BCUT2D eigenvalue weighted by Crippen LogP contribution is 2.22. The van der Waals surface area contributed by atoms with Gasteiger partial charge in [-0.1, -0.05) is 18.2 Å². The van der Waals surface area contributed by atoms with Gasteiger partial charge in [0.1, 0.15) is 12.4 Å². The molecule has 1 aromatic rings. The first kappa shape index (κ1) is 18.2. The highest BCUT2D eigenvalue weighted by molar-refractivity contribution is 5.39. The first-order valence-electron chi connectivity index (χ1n) is 8.42. The van der Waals surface area contributed by atoms with Crippen LogP contribution in [0.2, 0.25) is 0 Å². The molecule has 1 heterocycles. The van der Waals surface area contributed by atoms with Crippen molar-refractivity contribution in [2.24, 2.45) is 0 Å². The Labute approximate surface area is 139 Å². The van der Waals surface area contributed by atoms with Crippen molar-refractivity contribution in [2.45, 2.75) is 20.0 Å². The molecule has 0 saturated carbocycles. The zero-order chi connectivity index (χ0) is 16.7. The standard InChI is InChI=1S/C18H30N2O3/c1-15-5-4-6-16(2)18(15)23-12-7-19(3)13-17(21)14-20-8-10-22-11-9-20/h4-6,17,21H,7-14H2,1-3H3. The maximum absolute atomic E-state index is 10.2. The number of ether oxygens (including phenoxy) is 2. The first-order chi connectivity index (χ1) is 11.1. The van der Waals surface area contributed by atoms with Gasteiger partial charge >= 0.3 is 0 Å². The minimum Gasteiger partial charge on any atom is -0.492 e. The number of hydrogen-bond acceptors (Lipinski definition) is 5. The first-order valence-corrected chi connectivity index (χ1v) is 8.42. The third kappa shape index (κ3) is 6.11. The molecule has 130 valence electrons. The molecule has 1 aromatic carbocycles. The van der Waals surface area contributed by atoms with Crippen molar-refractivity contribution >= 4 is 0 Å². The Morgan fingerprint density at radius 2 is 1.91 bits per heavy atom. The molecule has 0 bridgehead atoms. The lowest BCUT2D eigenvalue weighted by molar-refractivity contribution is 0.00811. The molecule has 0 aromatic heterocycles. The van der Waals surface area contributed by atoms with E-state index in [0.29, 0.717) is 19.7 Å². The molecule has 0 spiro atoms. The molecule has 0 aliphatic carbocycles. The van der Waals surface area contributed by atoms with Crippen LogP contribution in [0.4, 0.5) is 0 Å². The zero-order valence-electron chi connectivity index (χ0n) is 14.6. The van der Waals surface area contributed by atoms with Crippen LogP contribution in [-0.4, -0.2) is 80.6 Å². The van der Waals surface area contributed by atoms with E-state index < -0.39 is 0 Å². The topological polar surface area (TPSA) is 45.2 Å². The van der Waals surface area contributed by atoms with Gasteiger partial charge in [-0.05, 0) is 32.0 Å². The lowest BCUT2D eigenvalue weighted by Crippen LogP contribution is -2.44. The number of nitrogens with zero attached hydrogens (tertiary/aromatic N) is 2. The Morgan fingerprint density at radius 3 is 2.57 bits per heavy atom. The van der Waals surface area contributed by atoms with Gasteiger partial charge in [-0.2, -0.15) is 0 Å². The number of hydrogen-bond donors (Lipinski definition) is 1.